The summed E-state index contributed by atoms with van der Waals surface area (Å²) in [7, 11) is 0. The van der Waals surface area contributed by atoms with Gasteiger partial charge in [-0.15, -0.1) is 11.8 Å². The Bertz CT molecular complexity index is 378. The molecule has 0 heterocycles. The van der Waals surface area contributed by atoms with Gasteiger partial charge in [-0.3, -0.25) is 4.79 Å². The first-order valence-corrected chi connectivity index (χ1v) is 7.69. The maximum atomic E-state index is 11.9. The summed E-state index contributed by atoms with van der Waals surface area (Å²) in [4.78, 5) is 12.9. The van der Waals surface area contributed by atoms with Crippen molar-refractivity contribution in [3.63, 3.8) is 0 Å². The highest BCUT2D eigenvalue weighted by Gasteiger charge is 2.13. The molecule has 0 aromatic heterocycles. The fourth-order valence-electron chi connectivity index (χ4n) is 1.66. The van der Waals surface area contributed by atoms with Crippen LogP contribution in [0.2, 0.25) is 0 Å². The Morgan fingerprint density at radius 1 is 1.32 bits per heavy atom. The number of amides is 1. The number of unbranched alkanes of at least 4 members (excludes halogenated alkanes) is 2. The molecule has 0 fully saturated rings. The molecular formula is C15H23NO2S. The molecule has 0 saturated heterocycles. The van der Waals surface area contributed by atoms with Crippen LogP contribution in [0.15, 0.2) is 29.2 Å². The van der Waals surface area contributed by atoms with Crippen LogP contribution >= 0.6 is 11.8 Å². The number of hydrogen-bond acceptors (Lipinski definition) is 3. The SMILES string of the molecule is CCCCCNC(=O)C(C)Sc1ccc(CO)cc1. The Balaban J connectivity index is 2.35. The van der Waals surface area contributed by atoms with Gasteiger partial charge in [0.2, 0.25) is 5.91 Å². The van der Waals surface area contributed by atoms with Crippen molar-refractivity contribution >= 4 is 17.7 Å². The number of aliphatic hydroxyl groups excluding tert-OH is 1. The van der Waals surface area contributed by atoms with Crippen molar-refractivity contribution in [3.8, 4) is 0 Å². The van der Waals surface area contributed by atoms with Gasteiger partial charge in [0.1, 0.15) is 0 Å². The van der Waals surface area contributed by atoms with Crippen LogP contribution in [0, 0.1) is 0 Å². The first kappa shape index (κ1) is 16.1. The van der Waals surface area contributed by atoms with Gasteiger partial charge in [0.05, 0.1) is 11.9 Å². The Morgan fingerprint density at radius 3 is 2.58 bits per heavy atom. The molecule has 0 bridgehead atoms. The molecular weight excluding hydrogens is 258 g/mol. The van der Waals surface area contributed by atoms with Crippen LogP contribution in [0.3, 0.4) is 0 Å². The minimum absolute atomic E-state index is 0.0540. The third-order valence-corrected chi connectivity index (χ3v) is 3.98. The summed E-state index contributed by atoms with van der Waals surface area (Å²) >= 11 is 1.54. The summed E-state index contributed by atoms with van der Waals surface area (Å²) < 4.78 is 0. The Hall–Kier alpha value is -1.00. The third kappa shape index (κ3) is 6.12. The van der Waals surface area contributed by atoms with E-state index in [-0.39, 0.29) is 17.8 Å². The van der Waals surface area contributed by atoms with Crippen molar-refractivity contribution in [2.24, 2.45) is 0 Å². The molecule has 0 radical (unpaired) electrons. The van der Waals surface area contributed by atoms with Gasteiger partial charge < -0.3 is 10.4 Å². The van der Waals surface area contributed by atoms with E-state index in [1.54, 1.807) is 11.8 Å². The predicted octanol–water partition coefficient (Wildman–Crippen LogP) is 2.97. The fourth-order valence-corrected chi connectivity index (χ4v) is 2.55. The number of hydrogen-bond donors (Lipinski definition) is 2. The second-order valence-electron chi connectivity index (χ2n) is 4.56. The van der Waals surface area contributed by atoms with Gasteiger partial charge in [0, 0.05) is 11.4 Å². The number of thioether (sulfide) groups is 1. The number of nitrogens with one attached hydrogen (secondary N) is 1. The normalized spacial score (nSPS) is 12.2. The Kier molecular flexibility index (Phi) is 7.60. The standard InChI is InChI=1S/C15H23NO2S/c1-3-4-5-10-16-15(18)12(2)19-14-8-6-13(11-17)7-9-14/h6-9,12,17H,3-5,10-11H2,1-2H3,(H,16,18). The van der Waals surface area contributed by atoms with E-state index in [2.05, 4.69) is 12.2 Å². The summed E-state index contributed by atoms with van der Waals surface area (Å²) in [5.41, 5.74) is 0.890. The lowest BCUT2D eigenvalue weighted by Crippen LogP contribution is -2.31. The fraction of sp³-hybridized carbons (Fsp3) is 0.533. The van der Waals surface area contributed by atoms with Crippen molar-refractivity contribution in [2.45, 2.75) is 49.9 Å². The molecule has 1 atom stereocenters. The van der Waals surface area contributed by atoms with Crippen LogP contribution < -0.4 is 5.32 Å². The summed E-state index contributed by atoms with van der Waals surface area (Å²) in [5.74, 6) is 0.0901. The maximum Gasteiger partial charge on any atom is 0.233 e. The molecule has 3 nitrogen and oxygen atoms in total. The first-order valence-electron chi connectivity index (χ1n) is 6.81. The number of benzene rings is 1. The van der Waals surface area contributed by atoms with Gasteiger partial charge in [-0.25, -0.2) is 0 Å². The maximum absolute atomic E-state index is 11.9. The van der Waals surface area contributed by atoms with E-state index in [1.807, 2.05) is 31.2 Å². The monoisotopic (exact) mass is 281 g/mol. The topological polar surface area (TPSA) is 49.3 Å². The minimum atomic E-state index is -0.0957. The number of carbonyl (C=O) groups excluding carboxylic acids is 1. The predicted molar refractivity (Wildman–Crippen MR) is 80.2 cm³/mol. The van der Waals surface area contributed by atoms with Crippen LogP contribution in [0.25, 0.3) is 0 Å². The zero-order valence-electron chi connectivity index (χ0n) is 11.7. The zero-order valence-corrected chi connectivity index (χ0v) is 12.5. The largest absolute Gasteiger partial charge is 0.392 e. The van der Waals surface area contributed by atoms with E-state index in [1.165, 1.54) is 0 Å². The highest BCUT2D eigenvalue weighted by atomic mass is 32.2. The molecule has 1 unspecified atom stereocenters. The van der Waals surface area contributed by atoms with E-state index in [9.17, 15) is 4.79 Å². The molecule has 19 heavy (non-hydrogen) atoms. The van der Waals surface area contributed by atoms with Crippen molar-refractivity contribution in [1.82, 2.24) is 5.32 Å². The average molecular weight is 281 g/mol. The smallest absolute Gasteiger partial charge is 0.233 e. The number of rotatable bonds is 8. The summed E-state index contributed by atoms with van der Waals surface area (Å²) in [6.07, 6.45) is 3.37. The van der Waals surface area contributed by atoms with Crippen molar-refractivity contribution in [2.75, 3.05) is 6.54 Å². The van der Waals surface area contributed by atoms with Crippen LogP contribution in [0.4, 0.5) is 0 Å². The second-order valence-corrected chi connectivity index (χ2v) is 5.97. The molecule has 4 heteroatoms. The molecule has 1 aromatic carbocycles. The summed E-state index contributed by atoms with van der Waals surface area (Å²) in [5, 5.41) is 11.8. The Labute approximate surface area is 119 Å². The van der Waals surface area contributed by atoms with Crippen LogP contribution in [0.1, 0.15) is 38.7 Å². The van der Waals surface area contributed by atoms with E-state index in [4.69, 9.17) is 5.11 Å². The van der Waals surface area contributed by atoms with Crippen LogP contribution in [0.5, 0.6) is 0 Å². The second kappa shape index (κ2) is 8.99. The zero-order chi connectivity index (χ0) is 14.1. The lowest BCUT2D eigenvalue weighted by atomic mass is 10.2. The van der Waals surface area contributed by atoms with Crippen molar-refractivity contribution < 1.29 is 9.90 Å². The quantitative estimate of drug-likeness (QED) is 0.569. The molecule has 1 rings (SSSR count). The molecule has 106 valence electrons. The molecule has 0 aliphatic rings. The summed E-state index contributed by atoms with van der Waals surface area (Å²) in [6, 6.07) is 7.65. The molecule has 0 aliphatic carbocycles. The van der Waals surface area contributed by atoms with Crippen LogP contribution in [-0.2, 0) is 11.4 Å². The van der Waals surface area contributed by atoms with Gasteiger partial charge in [0.15, 0.2) is 0 Å². The molecule has 2 N–H and O–H groups in total. The molecule has 1 amide bonds. The molecule has 1 aromatic rings. The van der Waals surface area contributed by atoms with E-state index in [0.717, 1.165) is 36.3 Å². The molecule has 0 saturated carbocycles. The van der Waals surface area contributed by atoms with E-state index < -0.39 is 0 Å². The minimum Gasteiger partial charge on any atom is -0.392 e. The third-order valence-electron chi connectivity index (χ3n) is 2.87. The molecule has 0 aliphatic heterocycles. The first-order chi connectivity index (χ1) is 9.17. The molecule has 0 spiro atoms. The van der Waals surface area contributed by atoms with Gasteiger partial charge in [-0.2, -0.15) is 0 Å². The lowest BCUT2D eigenvalue weighted by Gasteiger charge is -2.12. The lowest BCUT2D eigenvalue weighted by molar-refractivity contribution is -0.120. The van der Waals surface area contributed by atoms with Gasteiger partial charge >= 0.3 is 0 Å². The van der Waals surface area contributed by atoms with E-state index in [0.29, 0.717) is 0 Å². The number of aliphatic hydroxyl groups is 1. The highest BCUT2D eigenvalue weighted by molar-refractivity contribution is 8.00. The van der Waals surface area contributed by atoms with E-state index >= 15 is 0 Å². The van der Waals surface area contributed by atoms with Crippen molar-refractivity contribution in [3.05, 3.63) is 29.8 Å². The van der Waals surface area contributed by atoms with Gasteiger partial charge in [0.25, 0.3) is 0 Å². The van der Waals surface area contributed by atoms with Gasteiger partial charge in [-0.05, 0) is 31.0 Å². The van der Waals surface area contributed by atoms with Gasteiger partial charge in [-0.1, -0.05) is 31.9 Å². The summed E-state index contributed by atoms with van der Waals surface area (Å²) in [6.45, 7) is 4.88. The average Bonchev–Trinajstić information content (AvgIpc) is 2.44. The number of carbonyl (C=O) groups is 1. The van der Waals surface area contributed by atoms with Crippen molar-refractivity contribution in [1.29, 1.82) is 0 Å². The highest BCUT2D eigenvalue weighted by Crippen LogP contribution is 2.23. The van der Waals surface area contributed by atoms with Crippen LogP contribution in [-0.4, -0.2) is 22.8 Å². The Morgan fingerprint density at radius 2 is 2.00 bits per heavy atom.